The molecule has 0 bridgehead atoms. The van der Waals surface area contributed by atoms with Gasteiger partial charge in [-0.05, 0) is 43.3 Å². The monoisotopic (exact) mass is 448 g/mol. The highest BCUT2D eigenvalue weighted by Crippen LogP contribution is 2.24. The van der Waals surface area contributed by atoms with Gasteiger partial charge in [0.15, 0.2) is 0 Å². The molecular formula is C24H32O6S. The van der Waals surface area contributed by atoms with Gasteiger partial charge in [-0.15, -0.1) is 0 Å². The summed E-state index contributed by atoms with van der Waals surface area (Å²) in [6.07, 6.45) is 0.791. The third kappa shape index (κ3) is 8.44. The number of rotatable bonds is 12. The second-order valence-corrected chi connectivity index (χ2v) is 10.9. The molecule has 0 aromatic heterocycles. The molecule has 31 heavy (non-hydrogen) atoms. The van der Waals surface area contributed by atoms with E-state index < -0.39 is 15.5 Å². The average Bonchev–Trinajstić information content (AvgIpc) is 2.71. The van der Waals surface area contributed by atoms with E-state index in [2.05, 4.69) is 0 Å². The Labute approximate surface area is 185 Å². The summed E-state index contributed by atoms with van der Waals surface area (Å²) in [5, 5.41) is 0. The van der Waals surface area contributed by atoms with Gasteiger partial charge in [0.05, 0.1) is 31.3 Å². The van der Waals surface area contributed by atoms with E-state index in [0.717, 1.165) is 11.8 Å². The minimum absolute atomic E-state index is 0.0171. The van der Waals surface area contributed by atoms with Crippen molar-refractivity contribution in [1.29, 1.82) is 0 Å². The third-order valence-corrected chi connectivity index (χ3v) is 5.82. The smallest absolute Gasteiger partial charge is 0.296 e. The van der Waals surface area contributed by atoms with Gasteiger partial charge in [0.1, 0.15) is 12.0 Å². The maximum absolute atomic E-state index is 12.4. The molecule has 7 heteroatoms. The van der Waals surface area contributed by atoms with Crippen molar-refractivity contribution < 1.29 is 26.9 Å². The number of ether oxygens (including phenoxy) is 2. The van der Waals surface area contributed by atoms with Gasteiger partial charge in [-0.25, -0.2) is 0 Å². The SMILES string of the molecule is Cc1ccc(S(=O)(=O)OCC(C)(C)COCC(C)(C)COc2ccc(C=O)cc2)cc1. The molecule has 0 spiro atoms. The van der Waals surface area contributed by atoms with Crippen LogP contribution in [0, 0.1) is 17.8 Å². The van der Waals surface area contributed by atoms with Crippen LogP contribution in [0.2, 0.25) is 0 Å². The van der Waals surface area contributed by atoms with Crippen LogP contribution in [0.5, 0.6) is 5.75 Å². The molecule has 0 saturated heterocycles. The lowest BCUT2D eigenvalue weighted by molar-refractivity contribution is -0.0133. The molecule has 6 nitrogen and oxygen atoms in total. The molecule has 0 radical (unpaired) electrons. The van der Waals surface area contributed by atoms with Crippen LogP contribution < -0.4 is 4.74 Å². The number of hydrogen-bond acceptors (Lipinski definition) is 6. The number of carbonyl (C=O) groups excluding carboxylic acids is 1. The first-order chi connectivity index (χ1) is 14.4. The Bertz CT molecular complexity index is 945. The normalized spacial score (nSPS) is 12.5. The van der Waals surface area contributed by atoms with Crippen molar-refractivity contribution in [2.45, 2.75) is 39.5 Å². The molecule has 0 atom stereocenters. The van der Waals surface area contributed by atoms with Crippen LogP contribution in [0.25, 0.3) is 0 Å². The van der Waals surface area contributed by atoms with Crippen molar-refractivity contribution in [3.8, 4) is 5.75 Å². The molecule has 0 aliphatic heterocycles. The fraction of sp³-hybridized carbons (Fsp3) is 0.458. The standard InChI is InChI=1S/C24H32O6S/c1-19-6-12-22(13-7-19)31(26,27)30-18-24(4,5)16-28-15-23(2,3)17-29-21-10-8-20(14-25)9-11-21/h6-14H,15-18H2,1-5H3. The molecule has 0 heterocycles. The summed E-state index contributed by atoms with van der Waals surface area (Å²) >= 11 is 0. The van der Waals surface area contributed by atoms with E-state index in [1.54, 1.807) is 48.5 Å². The Hall–Kier alpha value is -2.22. The summed E-state index contributed by atoms with van der Waals surface area (Å²) in [5.74, 6) is 0.689. The largest absolute Gasteiger partial charge is 0.493 e. The zero-order chi connectivity index (χ0) is 23.1. The van der Waals surface area contributed by atoms with E-state index in [4.69, 9.17) is 13.7 Å². The molecular weight excluding hydrogens is 416 g/mol. The van der Waals surface area contributed by atoms with Crippen molar-refractivity contribution in [3.05, 3.63) is 59.7 Å². The zero-order valence-corrected chi connectivity index (χ0v) is 19.7. The fourth-order valence-electron chi connectivity index (χ4n) is 2.62. The zero-order valence-electron chi connectivity index (χ0n) is 18.9. The number of aryl methyl sites for hydroxylation is 1. The van der Waals surface area contributed by atoms with E-state index in [-0.39, 0.29) is 16.9 Å². The summed E-state index contributed by atoms with van der Waals surface area (Å²) < 4.78 is 41.7. The van der Waals surface area contributed by atoms with Crippen LogP contribution in [0.3, 0.4) is 0 Å². The molecule has 0 unspecified atom stereocenters. The molecule has 2 aromatic rings. The highest BCUT2D eigenvalue weighted by molar-refractivity contribution is 7.86. The van der Waals surface area contributed by atoms with Crippen molar-refractivity contribution in [1.82, 2.24) is 0 Å². The highest BCUT2D eigenvalue weighted by Gasteiger charge is 2.26. The minimum atomic E-state index is -3.81. The topological polar surface area (TPSA) is 78.9 Å². The Morgan fingerprint density at radius 3 is 1.90 bits per heavy atom. The van der Waals surface area contributed by atoms with Gasteiger partial charge in [-0.1, -0.05) is 45.4 Å². The van der Waals surface area contributed by atoms with Crippen molar-refractivity contribution >= 4 is 16.4 Å². The number of aldehydes is 1. The Kier molecular flexibility index (Phi) is 8.40. The molecule has 0 amide bonds. The first-order valence-corrected chi connectivity index (χ1v) is 11.6. The third-order valence-electron chi connectivity index (χ3n) is 4.55. The summed E-state index contributed by atoms with van der Waals surface area (Å²) in [4.78, 5) is 10.9. The van der Waals surface area contributed by atoms with Crippen molar-refractivity contribution in [2.75, 3.05) is 26.4 Å². The van der Waals surface area contributed by atoms with Gasteiger partial charge in [0.25, 0.3) is 10.1 Å². The maximum Gasteiger partial charge on any atom is 0.296 e. The van der Waals surface area contributed by atoms with E-state index in [0.29, 0.717) is 31.1 Å². The summed E-state index contributed by atoms with van der Waals surface area (Å²) in [6.45, 7) is 11.0. The molecule has 2 aromatic carbocycles. The Morgan fingerprint density at radius 1 is 0.806 bits per heavy atom. The van der Waals surface area contributed by atoms with E-state index in [1.807, 2.05) is 34.6 Å². The Morgan fingerprint density at radius 2 is 1.35 bits per heavy atom. The number of carbonyl (C=O) groups is 1. The van der Waals surface area contributed by atoms with Gasteiger partial charge in [-0.3, -0.25) is 8.98 Å². The Balaban J connectivity index is 1.79. The molecule has 0 saturated carbocycles. The summed E-state index contributed by atoms with van der Waals surface area (Å²) in [7, 11) is -3.81. The lowest BCUT2D eigenvalue weighted by Crippen LogP contribution is -2.32. The molecule has 170 valence electrons. The lowest BCUT2D eigenvalue weighted by Gasteiger charge is -2.28. The second kappa shape index (κ2) is 10.4. The number of hydrogen-bond donors (Lipinski definition) is 0. The van der Waals surface area contributed by atoms with Crippen molar-refractivity contribution in [3.63, 3.8) is 0 Å². The van der Waals surface area contributed by atoms with Gasteiger partial charge in [0, 0.05) is 16.4 Å². The minimum Gasteiger partial charge on any atom is -0.493 e. The van der Waals surface area contributed by atoms with Crippen LogP contribution in [0.1, 0.15) is 43.6 Å². The summed E-state index contributed by atoms with van der Waals surface area (Å²) in [6, 6.07) is 13.5. The van der Waals surface area contributed by atoms with Crippen LogP contribution in [0.15, 0.2) is 53.4 Å². The molecule has 0 fully saturated rings. The molecule has 2 rings (SSSR count). The molecule has 0 aliphatic rings. The summed E-state index contributed by atoms with van der Waals surface area (Å²) in [5.41, 5.74) is 0.842. The van der Waals surface area contributed by atoms with E-state index in [9.17, 15) is 13.2 Å². The quantitative estimate of drug-likeness (QED) is 0.347. The predicted molar refractivity (Wildman–Crippen MR) is 120 cm³/mol. The first kappa shape index (κ1) is 25.0. The highest BCUT2D eigenvalue weighted by atomic mass is 32.2. The maximum atomic E-state index is 12.4. The second-order valence-electron chi connectivity index (χ2n) is 9.33. The van der Waals surface area contributed by atoms with Crippen molar-refractivity contribution in [2.24, 2.45) is 10.8 Å². The first-order valence-electron chi connectivity index (χ1n) is 10.1. The van der Waals surface area contributed by atoms with Gasteiger partial charge in [-0.2, -0.15) is 8.42 Å². The molecule has 0 N–H and O–H groups in total. The van der Waals surface area contributed by atoms with Gasteiger partial charge >= 0.3 is 0 Å². The van der Waals surface area contributed by atoms with Crippen LogP contribution in [0.4, 0.5) is 0 Å². The fourth-order valence-corrected chi connectivity index (χ4v) is 3.70. The van der Waals surface area contributed by atoms with E-state index >= 15 is 0 Å². The average molecular weight is 449 g/mol. The number of benzene rings is 2. The van der Waals surface area contributed by atoms with Crippen LogP contribution in [-0.4, -0.2) is 41.1 Å². The lowest BCUT2D eigenvalue weighted by atomic mass is 9.94. The van der Waals surface area contributed by atoms with Gasteiger partial charge in [0.2, 0.25) is 0 Å². The molecule has 0 aliphatic carbocycles. The van der Waals surface area contributed by atoms with Crippen LogP contribution in [-0.2, 0) is 19.0 Å². The van der Waals surface area contributed by atoms with Crippen LogP contribution >= 0.6 is 0 Å². The predicted octanol–water partition coefficient (Wildman–Crippen LogP) is 4.66. The van der Waals surface area contributed by atoms with E-state index in [1.165, 1.54) is 0 Å². The van der Waals surface area contributed by atoms with Gasteiger partial charge < -0.3 is 9.47 Å².